The number of carboxylic acids is 1. The van der Waals surface area contributed by atoms with E-state index in [4.69, 9.17) is 5.11 Å². The van der Waals surface area contributed by atoms with E-state index in [1.807, 2.05) is 20.8 Å². The summed E-state index contributed by atoms with van der Waals surface area (Å²) in [6, 6.07) is 1.34. The maximum Gasteiger partial charge on any atom is 0.305 e. The van der Waals surface area contributed by atoms with Gasteiger partial charge in [-0.05, 0) is 49.8 Å². The number of hydrogen-bond acceptors (Lipinski definition) is 3. The van der Waals surface area contributed by atoms with Gasteiger partial charge in [-0.15, -0.1) is 11.3 Å². The van der Waals surface area contributed by atoms with Gasteiger partial charge in [0.15, 0.2) is 0 Å². The van der Waals surface area contributed by atoms with E-state index in [1.165, 1.54) is 11.3 Å². The van der Waals surface area contributed by atoms with Gasteiger partial charge in [-0.2, -0.15) is 0 Å². The Bertz CT molecular complexity index is 508. The third-order valence-electron chi connectivity index (χ3n) is 2.52. The zero-order valence-corrected chi connectivity index (χ0v) is 15.5. The molecule has 7 heteroatoms. The first kappa shape index (κ1) is 17.7. The normalized spacial score (nSPS) is 13.1. The Morgan fingerprint density at radius 1 is 1.40 bits per heavy atom. The highest BCUT2D eigenvalue weighted by atomic mass is 79.9. The number of thiophene rings is 1. The molecule has 0 spiro atoms. The highest BCUT2D eigenvalue weighted by molar-refractivity contribution is 9.12. The van der Waals surface area contributed by atoms with Crippen molar-refractivity contribution in [1.29, 1.82) is 0 Å². The SMILES string of the molecule is CC(C)(C)CC(CC(=O)O)NC(=O)c1cc(Br)sc1Br. The lowest BCUT2D eigenvalue weighted by Gasteiger charge is -2.25. The molecule has 0 aliphatic heterocycles. The summed E-state index contributed by atoms with van der Waals surface area (Å²) >= 11 is 8.06. The van der Waals surface area contributed by atoms with Crippen LogP contribution in [0.25, 0.3) is 0 Å². The Hall–Kier alpha value is -0.400. The monoisotopic (exact) mass is 425 g/mol. The molecule has 4 nitrogen and oxygen atoms in total. The number of amides is 1. The van der Waals surface area contributed by atoms with Gasteiger partial charge in [0.1, 0.15) is 0 Å². The van der Waals surface area contributed by atoms with Crippen molar-refractivity contribution in [1.82, 2.24) is 5.32 Å². The summed E-state index contributed by atoms with van der Waals surface area (Å²) in [5.41, 5.74) is 0.464. The predicted octanol–water partition coefficient (Wildman–Crippen LogP) is 4.28. The van der Waals surface area contributed by atoms with Crippen molar-refractivity contribution < 1.29 is 14.7 Å². The number of halogens is 2. The lowest BCUT2D eigenvalue weighted by atomic mass is 9.87. The highest BCUT2D eigenvalue weighted by Gasteiger charge is 2.24. The molecule has 0 saturated carbocycles. The fourth-order valence-electron chi connectivity index (χ4n) is 1.88. The topological polar surface area (TPSA) is 66.4 Å². The molecule has 20 heavy (non-hydrogen) atoms. The fourth-order valence-corrected chi connectivity index (χ4v) is 4.68. The molecule has 0 aliphatic rings. The molecule has 1 amide bonds. The maximum atomic E-state index is 12.2. The van der Waals surface area contributed by atoms with Crippen LogP contribution in [-0.2, 0) is 4.79 Å². The number of nitrogens with one attached hydrogen (secondary N) is 1. The Labute approximate surface area is 139 Å². The van der Waals surface area contributed by atoms with E-state index in [-0.39, 0.29) is 23.8 Å². The molecule has 2 N–H and O–H groups in total. The molecule has 1 rings (SSSR count). The van der Waals surface area contributed by atoms with Crippen LogP contribution in [0.4, 0.5) is 0 Å². The molecule has 1 unspecified atom stereocenters. The van der Waals surface area contributed by atoms with Crippen LogP contribution in [0.1, 0.15) is 44.0 Å². The van der Waals surface area contributed by atoms with Crippen molar-refractivity contribution in [2.75, 3.05) is 0 Å². The van der Waals surface area contributed by atoms with Crippen LogP contribution in [0, 0.1) is 5.41 Å². The first-order valence-electron chi connectivity index (χ1n) is 6.06. The van der Waals surface area contributed by atoms with Gasteiger partial charge in [-0.1, -0.05) is 20.8 Å². The van der Waals surface area contributed by atoms with Crippen molar-refractivity contribution >= 4 is 55.1 Å². The minimum atomic E-state index is -0.912. The maximum absolute atomic E-state index is 12.2. The first-order chi connectivity index (χ1) is 9.08. The number of carbonyl (C=O) groups excluding carboxylic acids is 1. The molecule has 112 valence electrons. The van der Waals surface area contributed by atoms with Gasteiger partial charge >= 0.3 is 5.97 Å². The van der Waals surface area contributed by atoms with Crippen LogP contribution in [0.3, 0.4) is 0 Å². The van der Waals surface area contributed by atoms with E-state index in [2.05, 4.69) is 37.2 Å². The lowest BCUT2D eigenvalue weighted by Crippen LogP contribution is -2.39. The first-order valence-corrected chi connectivity index (χ1v) is 8.46. The lowest BCUT2D eigenvalue weighted by molar-refractivity contribution is -0.137. The average molecular weight is 427 g/mol. The molecule has 0 aromatic carbocycles. The fraction of sp³-hybridized carbons (Fsp3) is 0.538. The van der Waals surface area contributed by atoms with Gasteiger partial charge in [0.25, 0.3) is 5.91 Å². The summed E-state index contributed by atoms with van der Waals surface area (Å²) in [5.74, 6) is -1.17. The van der Waals surface area contributed by atoms with Crippen LogP contribution in [-0.4, -0.2) is 23.0 Å². The van der Waals surface area contributed by atoms with E-state index < -0.39 is 5.97 Å². The van der Waals surface area contributed by atoms with Gasteiger partial charge in [-0.25, -0.2) is 0 Å². The quantitative estimate of drug-likeness (QED) is 0.738. The van der Waals surface area contributed by atoms with E-state index in [0.717, 1.165) is 7.57 Å². The average Bonchev–Trinajstić information content (AvgIpc) is 2.53. The minimum Gasteiger partial charge on any atom is -0.481 e. The second-order valence-electron chi connectivity index (χ2n) is 5.77. The minimum absolute atomic E-state index is 0.0557. The molecule has 1 atom stereocenters. The van der Waals surface area contributed by atoms with E-state index in [0.29, 0.717) is 12.0 Å². The molecular weight excluding hydrogens is 410 g/mol. The van der Waals surface area contributed by atoms with E-state index in [9.17, 15) is 9.59 Å². The second-order valence-corrected chi connectivity index (χ2v) is 9.52. The third-order valence-corrected chi connectivity index (χ3v) is 4.86. The summed E-state index contributed by atoms with van der Waals surface area (Å²) in [5, 5.41) is 11.8. The third kappa shape index (κ3) is 5.93. The van der Waals surface area contributed by atoms with Crippen molar-refractivity contribution in [2.24, 2.45) is 5.41 Å². The van der Waals surface area contributed by atoms with Crippen molar-refractivity contribution in [3.05, 3.63) is 19.2 Å². The van der Waals surface area contributed by atoms with E-state index >= 15 is 0 Å². The zero-order chi connectivity index (χ0) is 15.5. The summed E-state index contributed by atoms with van der Waals surface area (Å²) in [6.45, 7) is 6.06. The van der Waals surface area contributed by atoms with Crippen LogP contribution < -0.4 is 5.32 Å². The predicted molar refractivity (Wildman–Crippen MR) is 87.3 cm³/mol. The highest BCUT2D eigenvalue weighted by Crippen LogP contribution is 2.32. The molecule has 0 aliphatic carbocycles. The van der Waals surface area contributed by atoms with E-state index in [1.54, 1.807) is 6.07 Å². The molecule has 1 aromatic rings. The van der Waals surface area contributed by atoms with Gasteiger partial charge < -0.3 is 10.4 Å². The summed E-state index contributed by atoms with van der Waals surface area (Å²) in [7, 11) is 0. The number of carbonyl (C=O) groups is 2. The molecule has 0 bridgehead atoms. The summed E-state index contributed by atoms with van der Waals surface area (Å²) in [6.07, 6.45) is 0.528. The smallest absolute Gasteiger partial charge is 0.305 e. The molecular formula is C13H17Br2NO3S. The van der Waals surface area contributed by atoms with Gasteiger partial charge in [0, 0.05) is 6.04 Å². The standard InChI is InChI=1S/C13H17Br2NO3S/c1-13(2,3)6-7(4-10(17)18)16-12(19)8-5-9(14)20-11(8)15/h5,7H,4,6H2,1-3H3,(H,16,19)(H,17,18). The largest absolute Gasteiger partial charge is 0.481 e. The molecule has 0 saturated heterocycles. The molecule has 1 heterocycles. The number of hydrogen-bond donors (Lipinski definition) is 2. The molecule has 0 radical (unpaired) electrons. The van der Waals surface area contributed by atoms with Crippen LogP contribution >= 0.6 is 43.2 Å². The summed E-state index contributed by atoms with van der Waals surface area (Å²) < 4.78 is 1.58. The van der Waals surface area contributed by atoms with Gasteiger partial charge in [0.2, 0.25) is 0 Å². The molecule has 1 aromatic heterocycles. The van der Waals surface area contributed by atoms with Crippen LogP contribution in [0.2, 0.25) is 0 Å². The van der Waals surface area contributed by atoms with Crippen molar-refractivity contribution in [3.8, 4) is 0 Å². The Morgan fingerprint density at radius 3 is 2.40 bits per heavy atom. The number of aliphatic carboxylic acids is 1. The van der Waals surface area contributed by atoms with Gasteiger partial charge in [0.05, 0.1) is 19.6 Å². The molecule has 0 fully saturated rings. The van der Waals surface area contributed by atoms with Crippen molar-refractivity contribution in [3.63, 3.8) is 0 Å². The summed E-state index contributed by atoms with van der Waals surface area (Å²) in [4.78, 5) is 23.1. The second kappa shape index (κ2) is 7.04. The van der Waals surface area contributed by atoms with Crippen molar-refractivity contribution in [2.45, 2.75) is 39.7 Å². The Morgan fingerprint density at radius 2 is 2.00 bits per heavy atom. The Kier molecular flexibility index (Phi) is 6.22. The number of carboxylic acid groups (broad SMARTS) is 1. The van der Waals surface area contributed by atoms with Crippen LogP contribution in [0.15, 0.2) is 13.6 Å². The zero-order valence-electron chi connectivity index (χ0n) is 11.5. The Balaban J connectivity index is 2.81. The van der Waals surface area contributed by atoms with Crippen LogP contribution in [0.5, 0.6) is 0 Å². The van der Waals surface area contributed by atoms with Gasteiger partial charge in [-0.3, -0.25) is 9.59 Å². The number of rotatable bonds is 5.